The smallest absolute Gasteiger partial charge is 0.0727 e. The maximum absolute atomic E-state index is 6.23. The molecule has 1 fully saturated rings. The maximum Gasteiger partial charge on any atom is 0.0727 e. The normalized spacial score (nSPS) is 16.1. The molecule has 0 bridgehead atoms. The van der Waals surface area contributed by atoms with Gasteiger partial charge in [0.05, 0.1) is 5.52 Å². The number of aromatic nitrogens is 1. The topological polar surface area (TPSA) is 42.1 Å². The van der Waals surface area contributed by atoms with Crippen LogP contribution in [-0.2, 0) is 0 Å². The van der Waals surface area contributed by atoms with Gasteiger partial charge in [-0.3, -0.25) is 4.98 Å². The van der Waals surface area contributed by atoms with E-state index in [4.69, 9.17) is 10.7 Å². The average molecular weight is 269 g/mol. The summed E-state index contributed by atoms with van der Waals surface area (Å²) in [6.07, 6.45) is 3.93. The number of rotatable bonds is 2. The molecular formula is C17H23N3. The second-order valence-electron chi connectivity index (χ2n) is 6.04. The van der Waals surface area contributed by atoms with Crippen LogP contribution < -0.4 is 10.6 Å². The van der Waals surface area contributed by atoms with Gasteiger partial charge in [-0.25, -0.2) is 0 Å². The van der Waals surface area contributed by atoms with E-state index in [9.17, 15) is 0 Å². The molecule has 1 aliphatic rings. The van der Waals surface area contributed by atoms with Gasteiger partial charge in [0.2, 0.25) is 0 Å². The molecule has 1 saturated heterocycles. The molecule has 0 aliphatic carbocycles. The van der Waals surface area contributed by atoms with E-state index < -0.39 is 0 Å². The summed E-state index contributed by atoms with van der Waals surface area (Å²) in [5, 5.41) is 1.08. The van der Waals surface area contributed by atoms with Crippen LogP contribution in [0.5, 0.6) is 0 Å². The van der Waals surface area contributed by atoms with Crippen LogP contribution in [0.25, 0.3) is 10.9 Å². The Morgan fingerprint density at radius 2 is 1.85 bits per heavy atom. The molecule has 1 aromatic heterocycles. The van der Waals surface area contributed by atoms with E-state index >= 15 is 0 Å². The number of nitrogens with two attached hydrogens (primary N) is 1. The van der Waals surface area contributed by atoms with Crippen LogP contribution in [0.1, 0.15) is 44.7 Å². The Labute approximate surface area is 120 Å². The first-order chi connectivity index (χ1) is 9.65. The van der Waals surface area contributed by atoms with Gasteiger partial charge in [-0.1, -0.05) is 13.8 Å². The second-order valence-corrected chi connectivity index (χ2v) is 6.04. The highest BCUT2D eigenvalue weighted by atomic mass is 15.1. The summed E-state index contributed by atoms with van der Waals surface area (Å²) >= 11 is 0. The number of hydrogen-bond acceptors (Lipinski definition) is 3. The third-order valence-corrected chi connectivity index (χ3v) is 4.16. The fourth-order valence-electron chi connectivity index (χ4n) is 2.91. The fourth-order valence-corrected chi connectivity index (χ4v) is 2.91. The van der Waals surface area contributed by atoms with E-state index in [1.54, 1.807) is 0 Å². The minimum absolute atomic E-state index is 0.406. The number of nitrogens with zero attached hydrogens (tertiary/aromatic N) is 2. The third kappa shape index (κ3) is 2.45. The molecule has 1 aromatic carbocycles. The van der Waals surface area contributed by atoms with Crippen LogP contribution in [0, 0.1) is 0 Å². The van der Waals surface area contributed by atoms with Crippen LogP contribution in [-0.4, -0.2) is 18.1 Å². The molecule has 0 spiro atoms. The van der Waals surface area contributed by atoms with Gasteiger partial charge in [0.1, 0.15) is 0 Å². The van der Waals surface area contributed by atoms with Crippen molar-refractivity contribution in [1.82, 2.24) is 4.98 Å². The second kappa shape index (κ2) is 5.31. The molecule has 20 heavy (non-hydrogen) atoms. The quantitative estimate of drug-likeness (QED) is 0.898. The maximum atomic E-state index is 6.23. The lowest BCUT2D eigenvalue weighted by Gasteiger charge is -2.29. The zero-order chi connectivity index (χ0) is 14.1. The van der Waals surface area contributed by atoms with E-state index in [2.05, 4.69) is 36.9 Å². The largest absolute Gasteiger partial charge is 0.398 e. The summed E-state index contributed by atoms with van der Waals surface area (Å²) in [6.45, 7) is 6.61. The molecule has 2 aromatic rings. The lowest BCUT2D eigenvalue weighted by Crippen LogP contribution is -2.29. The molecule has 2 N–H and O–H groups in total. The number of benzene rings is 1. The number of nitrogen functional groups attached to an aromatic ring is 1. The van der Waals surface area contributed by atoms with Gasteiger partial charge in [0.25, 0.3) is 0 Å². The van der Waals surface area contributed by atoms with E-state index in [0.717, 1.165) is 35.4 Å². The number of fused-ring (bicyclic) bond motifs is 1. The van der Waals surface area contributed by atoms with Gasteiger partial charge in [0, 0.05) is 35.5 Å². The highest BCUT2D eigenvalue weighted by Crippen LogP contribution is 2.29. The Morgan fingerprint density at radius 3 is 2.55 bits per heavy atom. The van der Waals surface area contributed by atoms with Crippen LogP contribution >= 0.6 is 0 Å². The van der Waals surface area contributed by atoms with Crippen molar-refractivity contribution in [1.29, 1.82) is 0 Å². The lowest BCUT2D eigenvalue weighted by molar-refractivity contribution is 0.578. The van der Waals surface area contributed by atoms with Gasteiger partial charge in [-0.2, -0.15) is 0 Å². The molecule has 0 radical (unpaired) electrons. The summed E-state index contributed by atoms with van der Waals surface area (Å²) in [4.78, 5) is 7.18. The van der Waals surface area contributed by atoms with Crippen LogP contribution in [0.2, 0.25) is 0 Å². The van der Waals surface area contributed by atoms with Crippen LogP contribution in [0.4, 0.5) is 11.4 Å². The summed E-state index contributed by atoms with van der Waals surface area (Å²) in [5.41, 5.74) is 10.4. The minimum atomic E-state index is 0.406. The van der Waals surface area contributed by atoms with Crippen LogP contribution in [0.3, 0.4) is 0 Å². The van der Waals surface area contributed by atoms with Gasteiger partial charge < -0.3 is 10.6 Å². The number of hydrogen-bond donors (Lipinski definition) is 1. The van der Waals surface area contributed by atoms with Crippen molar-refractivity contribution in [3.63, 3.8) is 0 Å². The van der Waals surface area contributed by atoms with Gasteiger partial charge in [0.15, 0.2) is 0 Å². The zero-order valence-corrected chi connectivity index (χ0v) is 12.4. The molecule has 3 rings (SSSR count). The molecule has 2 heterocycles. The van der Waals surface area contributed by atoms with Crippen molar-refractivity contribution in [3.05, 3.63) is 30.0 Å². The molecule has 106 valence electrons. The van der Waals surface area contributed by atoms with Crippen molar-refractivity contribution < 1.29 is 0 Å². The standard InChI is InChI=1S/C17H23N3/c1-12(2)17-11-15(18)14-10-13(6-7-16(14)19-17)20-8-4-3-5-9-20/h6-7,10-12H,3-5,8-9H2,1-2H3,(H2,18,19). The first kappa shape index (κ1) is 13.2. The summed E-state index contributed by atoms with van der Waals surface area (Å²) < 4.78 is 0. The summed E-state index contributed by atoms with van der Waals surface area (Å²) in [7, 11) is 0. The van der Waals surface area contributed by atoms with Crippen LogP contribution in [0.15, 0.2) is 24.3 Å². The molecule has 0 atom stereocenters. The van der Waals surface area contributed by atoms with Crippen molar-refractivity contribution in [2.24, 2.45) is 0 Å². The lowest BCUT2D eigenvalue weighted by atomic mass is 10.0. The van der Waals surface area contributed by atoms with Gasteiger partial charge in [-0.05, 0) is 49.4 Å². The van der Waals surface area contributed by atoms with E-state index in [1.807, 2.05) is 6.07 Å². The molecule has 0 saturated carbocycles. The molecule has 3 nitrogen and oxygen atoms in total. The highest BCUT2D eigenvalue weighted by molar-refractivity contribution is 5.92. The van der Waals surface area contributed by atoms with E-state index in [1.165, 1.54) is 24.9 Å². The average Bonchev–Trinajstić information content (AvgIpc) is 2.47. The Hall–Kier alpha value is -1.77. The SMILES string of the molecule is CC(C)c1cc(N)c2cc(N3CCCCC3)ccc2n1. The molecule has 0 unspecified atom stereocenters. The van der Waals surface area contributed by atoms with E-state index in [0.29, 0.717) is 5.92 Å². The number of anilines is 2. The molecule has 1 aliphatic heterocycles. The minimum Gasteiger partial charge on any atom is -0.398 e. The third-order valence-electron chi connectivity index (χ3n) is 4.16. The Balaban J connectivity index is 2.02. The van der Waals surface area contributed by atoms with Crippen molar-refractivity contribution in [2.45, 2.75) is 39.0 Å². The van der Waals surface area contributed by atoms with Gasteiger partial charge >= 0.3 is 0 Å². The summed E-state index contributed by atoms with van der Waals surface area (Å²) in [5.74, 6) is 0.406. The monoisotopic (exact) mass is 269 g/mol. The summed E-state index contributed by atoms with van der Waals surface area (Å²) in [6, 6.07) is 8.52. The van der Waals surface area contributed by atoms with Gasteiger partial charge in [-0.15, -0.1) is 0 Å². The predicted molar refractivity (Wildman–Crippen MR) is 86.3 cm³/mol. The van der Waals surface area contributed by atoms with Crippen molar-refractivity contribution in [3.8, 4) is 0 Å². The Bertz CT molecular complexity index is 613. The molecule has 3 heteroatoms. The Morgan fingerprint density at radius 1 is 1.10 bits per heavy atom. The van der Waals surface area contributed by atoms with Crippen molar-refractivity contribution in [2.75, 3.05) is 23.7 Å². The Kier molecular flexibility index (Phi) is 3.51. The first-order valence-corrected chi connectivity index (χ1v) is 7.60. The zero-order valence-electron chi connectivity index (χ0n) is 12.4. The van der Waals surface area contributed by atoms with Crippen molar-refractivity contribution >= 4 is 22.3 Å². The highest BCUT2D eigenvalue weighted by Gasteiger charge is 2.13. The fraction of sp³-hybridized carbons (Fsp3) is 0.471. The molecular weight excluding hydrogens is 246 g/mol. The predicted octanol–water partition coefficient (Wildman–Crippen LogP) is 3.93. The first-order valence-electron chi connectivity index (χ1n) is 7.60. The van der Waals surface area contributed by atoms with E-state index in [-0.39, 0.29) is 0 Å². The number of pyridine rings is 1. The number of piperidine rings is 1. The molecule has 0 amide bonds.